The van der Waals surface area contributed by atoms with E-state index in [-0.39, 0.29) is 47.9 Å². The molecule has 5 aliphatic rings. The first-order valence-corrected chi connectivity index (χ1v) is 21.3. The maximum atomic E-state index is 14.9. The van der Waals surface area contributed by atoms with Gasteiger partial charge in [0.25, 0.3) is 0 Å². The van der Waals surface area contributed by atoms with Crippen LogP contribution in [0.5, 0.6) is 0 Å². The summed E-state index contributed by atoms with van der Waals surface area (Å²) in [7, 11) is -0.357. The van der Waals surface area contributed by atoms with E-state index in [1.54, 1.807) is 0 Å². The van der Waals surface area contributed by atoms with Gasteiger partial charge in [0.1, 0.15) is 12.2 Å². The van der Waals surface area contributed by atoms with Gasteiger partial charge in [0, 0.05) is 12.0 Å². The third-order valence-corrected chi connectivity index (χ3v) is 19.6. The van der Waals surface area contributed by atoms with E-state index in [4.69, 9.17) is 18.3 Å². The van der Waals surface area contributed by atoms with E-state index in [2.05, 4.69) is 51.9 Å². The van der Waals surface area contributed by atoms with Crippen LogP contribution in [0.1, 0.15) is 53.4 Å². The van der Waals surface area contributed by atoms with Gasteiger partial charge in [-0.05, 0) is 115 Å². The molecule has 4 bridgehead atoms. The highest BCUT2D eigenvalue weighted by molar-refractivity contribution is 6.89. The van der Waals surface area contributed by atoms with Crippen LogP contribution < -0.4 is 0 Å². The van der Waals surface area contributed by atoms with E-state index in [1.807, 2.05) is 21.0 Å². The minimum atomic E-state index is -2.24. The number of hydrogen-bond donors (Lipinski definition) is 0. The number of carbonyl (C=O) groups is 2. The molecule has 10 atom stereocenters. The SMILES string of the molecule is CC1=C2C[C@@H](C[C@@H]1OC(=O)[C@H](C)[C@H](C)N(C)C)C[C@H]1[C@H]3CO[C@H]3CC3O[Si](C)(C)C[Si](C)(C)OC2C(=O)[C@]31C. The van der Waals surface area contributed by atoms with Crippen molar-refractivity contribution in [1.29, 1.82) is 0 Å². The standard InChI is InChI=1S/C30H51NO6Si2/c1-17(19(3)31(5)6)29(33)35-24-13-20-11-21(18(24)2)27-28(32)30(4)23(12-20)22-15-34-25(22)14-26(30)36-38(7,8)16-39(9,10)37-27/h17,19-20,22-27H,11-16H2,1-10H3/t17-,19+,20-,22-,23+,24+,25+,26?,27?,30+/m1/s1. The second-order valence-corrected chi connectivity index (χ2v) is 23.9. The average Bonchev–Trinajstić information content (AvgIpc) is 2.83. The predicted octanol–water partition coefficient (Wildman–Crippen LogP) is 4.96. The quantitative estimate of drug-likeness (QED) is 0.266. The van der Waals surface area contributed by atoms with Gasteiger partial charge in [-0.15, -0.1) is 0 Å². The summed E-state index contributed by atoms with van der Waals surface area (Å²) >= 11 is 0. The van der Waals surface area contributed by atoms with Crippen LogP contribution in [0, 0.1) is 29.1 Å². The first-order valence-electron chi connectivity index (χ1n) is 15.1. The molecule has 3 aliphatic carbocycles. The smallest absolute Gasteiger partial charge is 0.310 e. The Balaban J connectivity index is 1.57. The number of esters is 1. The lowest BCUT2D eigenvalue weighted by molar-refractivity contribution is -0.225. The number of nitrogens with zero attached hydrogens (tertiary/aromatic N) is 1. The predicted molar refractivity (Wildman–Crippen MR) is 156 cm³/mol. The van der Waals surface area contributed by atoms with Crippen LogP contribution in [0.3, 0.4) is 0 Å². The first kappa shape index (κ1) is 29.6. The summed E-state index contributed by atoms with van der Waals surface area (Å²) < 4.78 is 26.5. The minimum Gasteiger partial charge on any atom is -0.458 e. The Morgan fingerprint density at radius 3 is 2.36 bits per heavy atom. The van der Waals surface area contributed by atoms with Crippen LogP contribution in [0.25, 0.3) is 0 Å². The summed E-state index contributed by atoms with van der Waals surface area (Å²) in [6.45, 7) is 18.1. The van der Waals surface area contributed by atoms with E-state index >= 15 is 0 Å². The number of carbonyl (C=O) groups excluding carboxylic acids is 2. The van der Waals surface area contributed by atoms with Crippen LogP contribution in [0.4, 0.5) is 0 Å². The Bertz CT molecular complexity index is 1040. The van der Waals surface area contributed by atoms with Crippen LogP contribution in [-0.2, 0) is 27.9 Å². The minimum absolute atomic E-state index is 0.0774. The van der Waals surface area contributed by atoms with E-state index < -0.39 is 28.2 Å². The van der Waals surface area contributed by atoms with Gasteiger partial charge in [0.15, 0.2) is 22.4 Å². The molecule has 7 nitrogen and oxygen atoms in total. The highest BCUT2D eigenvalue weighted by Gasteiger charge is 2.64. The molecule has 2 heterocycles. The molecular weight excluding hydrogens is 527 g/mol. The molecule has 2 saturated heterocycles. The van der Waals surface area contributed by atoms with E-state index in [0.717, 1.165) is 49.1 Å². The molecule has 220 valence electrons. The molecule has 0 aromatic heterocycles. The summed E-state index contributed by atoms with van der Waals surface area (Å²) in [6.07, 6.45) is 2.57. The van der Waals surface area contributed by atoms with Gasteiger partial charge in [0.05, 0.1) is 30.1 Å². The molecule has 0 N–H and O–H groups in total. The van der Waals surface area contributed by atoms with E-state index in [1.165, 1.54) is 0 Å². The zero-order chi connectivity index (χ0) is 28.7. The van der Waals surface area contributed by atoms with Crippen molar-refractivity contribution >= 4 is 28.4 Å². The molecule has 0 radical (unpaired) electrons. The Hall–Kier alpha value is -0.846. The number of hydrogen-bond acceptors (Lipinski definition) is 7. The molecule has 2 unspecified atom stereocenters. The molecule has 2 saturated carbocycles. The summed E-state index contributed by atoms with van der Waals surface area (Å²) in [4.78, 5) is 30.3. The lowest BCUT2D eigenvalue weighted by atomic mass is 9.52. The largest absolute Gasteiger partial charge is 0.458 e. The van der Waals surface area contributed by atoms with E-state index in [9.17, 15) is 9.59 Å². The number of fused-ring (bicyclic) bond motifs is 6. The topological polar surface area (TPSA) is 74.3 Å². The van der Waals surface area contributed by atoms with Crippen molar-refractivity contribution in [2.24, 2.45) is 29.1 Å². The van der Waals surface area contributed by atoms with Crippen LogP contribution in [0.2, 0.25) is 31.9 Å². The number of ether oxygens (including phenoxy) is 2. The molecular formula is C30H51NO6Si2. The summed E-state index contributed by atoms with van der Waals surface area (Å²) in [6, 6.07) is 0.0774. The Kier molecular flexibility index (Phi) is 7.72. The lowest BCUT2D eigenvalue weighted by Gasteiger charge is -2.59. The monoisotopic (exact) mass is 577 g/mol. The van der Waals surface area contributed by atoms with Crippen LogP contribution >= 0.6 is 0 Å². The molecule has 9 heteroatoms. The first-order chi connectivity index (χ1) is 18.0. The Labute approximate surface area is 237 Å². The second kappa shape index (κ2) is 10.2. The molecule has 0 amide bonds. The maximum absolute atomic E-state index is 14.9. The van der Waals surface area contributed by atoms with Crippen LogP contribution in [0.15, 0.2) is 11.1 Å². The Morgan fingerprint density at radius 1 is 1.08 bits per heavy atom. The van der Waals surface area contributed by atoms with Crippen molar-refractivity contribution in [2.45, 2.75) is 116 Å². The van der Waals surface area contributed by atoms with Gasteiger partial charge in [-0.25, -0.2) is 0 Å². The number of ketones is 1. The van der Waals surface area contributed by atoms with Crippen LogP contribution in [-0.4, -0.2) is 84.4 Å². The second-order valence-electron chi connectivity index (χ2n) is 15.0. The summed E-state index contributed by atoms with van der Waals surface area (Å²) in [5, 5.41) is 0. The van der Waals surface area contributed by atoms with Gasteiger partial charge in [0.2, 0.25) is 0 Å². The van der Waals surface area contributed by atoms with Gasteiger partial charge in [-0.3, -0.25) is 9.59 Å². The van der Waals surface area contributed by atoms with Gasteiger partial charge >= 0.3 is 5.97 Å². The molecule has 0 spiro atoms. The normalized spacial score (nSPS) is 42.5. The zero-order valence-corrected chi connectivity index (χ0v) is 27.8. The summed E-state index contributed by atoms with van der Waals surface area (Å²) in [5.74, 6) is 0.705. The lowest BCUT2D eigenvalue weighted by Crippen LogP contribution is -2.66. The zero-order valence-electron chi connectivity index (χ0n) is 25.8. The highest BCUT2D eigenvalue weighted by Crippen LogP contribution is 2.58. The fraction of sp³-hybridized carbons (Fsp3) is 0.867. The third kappa shape index (κ3) is 5.18. The molecule has 0 aromatic rings. The molecule has 39 heavy (non-hydrogen) atoms. The molecule has 4 fully saturated rings. The molecule has 0 aromatic carbocycles. The number of rotatable bonds is 4. The van der Waals surface area contributed by atoms with Crippen molar-refractivity contribution in [2.75, 3.05) is 20.7 Å². The average molecular weight is 578 g/mol. The van der Waals surface area contributed by atoms with E-state index in [0.29, 0.717) is 11.8 Å². The van der Waals surface area contributed by atoms with Crippen molar-refractivity contribution < 1.29 is 27.9 Å². The third-order valence-electron chi connectivity index (χ3n) is 11.0. The maximum Gasteiger partial charge on any atom is 0.310 e. The van der Waals surface area contributed by atoms with Gasteiger partial charge in [-0.2, -0.15) is 0 Å². The van der Waals surface area contributed by atoms with Crippen molar-refractivity contribution in [3.8, 4) is 0 Å². The van der Waals surface area contributed by atoms with Gasteiger partial charge in [-0.1, -0.05) is 6.92 Å². The van der Waals surface area contributed by atoms with Gasteiger partial charge < -0.3 is 23.2 Å². The fourth-order valence-electron chi connectivity index (χ4n) is 8.53. The molecule has 2 aliphatic heterocycles. The van der Waals surface area contributed by atoms with Crippen molar-refractivity contribution in [3.05, 3.63) is 11.1 Å². The summed E-state index contributed by atoms with van der Waals surface area (Å²) in [5.41, 5.74) is 2.46. The Morgan fingerprint density at radius 2 is 1.74 bits per heavy atom. The fourth-order valence-corrected chi connectivity index (χ4v) is 19.4. The molecule has 5 rings (SSSR count). The van der Waals surface area contributed by atoms with Crippen molar-refractivity contribution in [3.63, 3.8) is 0 Å². The number of Topliss-reactive ketones (excluding diaryl/α,β-unsaturated/α-hetero) is 1. The van der Waals surface area contributed by atoms with Crippen molar-refractivity contribution in [1.82, 2.24) is 4.90 Å². The highest BCUT2D eigenvalue weighted by atomic mass is 28.4.